The Morgan fingerprint density at radius 1 is 1.06 bits per heavy atom. The lowest BCUT2D eigenvalue weighted by atomic mass is 10.0. The molecular weight excluding hydrogens is 406 g/mol. The minimum absolute atomic E-state index is 0.130. The van der Waals surface area contributed by atoms with Crippen molar-refractivity contribution in [1.82, 2.24) is 14.5 Å². The smallest absolute Gasteiger partial charge is 0.305 e. The molecular formula is C25H29N3O4. The van der Waals surface area contributed by atoms with Gasteiger partial charge in [0.15, 0.2) is 0 Å². The molecule has 0 N–H and O–H groups in total. The number of nitrogens with zero attached hydrogens (tertiary/aromatic N) is 3. The molecule has 0 saturated carbocycles. The van der Waals surface area contributed by atoms with Gasteiger partial charge in [0, 0.05) is 36.7 Å². The quantitative estimate of drug-likeness (QED) is 0.378. The number of benzene rings is 1. The Hall–Kier alpha value is -3.35. The molecule has 168 valence electrons. The average molecular weight is 436 g/mol. The van der Waals surface area contributed by atoms with Crippen molar-refractivity contribution in [3.63, 3.8) is 0 Å². The SMILES string of the molecule is COC(=O)CCCCC(=O)N1CCc2c(n(CCOc3ccccc3)c3ncccc23)C1. The molecule has 0 atom stereocenters. The Morgan fingerprint density at radius 2 is 1.88 bits per heavy atom. The van der Waals surface area contributed by atoms with Crippen LogP contribution in [-0.4, -0.2) is 46.6 Å². The van der Waals surface area contributed by atoms with Gasteiger partial charge in [-0.25, -0.2) is 4.98 Å². The highest BCUT2D eigenvalue weighted by atomic mass is 16.5. The summed E-state index contributed by atoms with van der Waals surface area (Å²) in [5, 5.41) is 1.16. The van der Waals surface area contributed by atoms with Crippen LogP contribution in [0.3, 0.4) is 0 Å². The summed E-state index contributed by atoms with van der Waals surface area (Å²) >= 11 is 0. The van der Waals surface area contributed by atoms with E-state index >= 15 is 0 Å². The van der Waals surface area contributed by atoms with Gasteiger partial charge in [0.1, 0.15) is 18.0 Å². The molecule has 0 bridgehead atoms. The van der Waals surface area contributed by atoms with Crippen LogP contribution >= 0.6 is 0 Å². The van der Waals surface area contributed by atoms with E-state index in [1.165, 1.54) is 12.7 Å². The summed E-state index contributed by atoms with van der Waals surface area (Å²) in [5.41, 5.74) is 3.37. The van der Waals surface area contributed by atoms with E-state index in [2.05, 4.69) is 20.4 Å². The van der Waals surface area contributed by atoms with E-state index < -0.39 is 0 Å². The number of hydrogen-bond donors (Lipinski definition) is 0. The molecule has 1 aliphatic rings. The lowest BCUT2D eigenvalue weighted by molar-refractivity contribution is -0.141. The summed E-state index contributed by atoms with van der Waals surface area (Å²) in [6.07, 6.45) is 4.78. The first kappa shape index (κ1) is 21.9. The normalized spacial score (nSPS) is 13.1. The van der Waals surface area contributed by atoms with Gasteiger partial charge in [-0.15, -0.1) is 0 Å². The number of amides is 1. The van der Waals surface area contributed by atoms with Gasteiger partial charge in [-0.05, 0) is 49.1 Å². The number of para-hydroxylation sites is 1. The van der Waals surface area contributed by atoms with Crippen LogP contribution < -0.4 is 4.74 Å². The summed E-state index contributed by atoms with van der Waals surface area (Å²) in [5.74, 6) is 0.746. The number of methoxy groups -OCH3 is 1. The summed E-state index contributed by atoms with van der Waals surface area (Å²) in [6, 6.07) is 13.8. The average Bonchev–Trinajstić information content (AvgIpc) is 3.15. The van der Waals surface area contributed by atoms with Crippen LogP contribution in [0.2, 0.25) is 0 Å². The van der Waals surface area contributed by atoms with Crippen LogP contribution in [0.15, 0.2) is 48.7 Å². The molecule has 7 nitrogen and oxygen atoms in total. The Morgan fingerprint density at radius 3 is 2.69 bits per heavy atom. The molecule has 4 rings (SSSR count). The van der Waals surface area contributed by atoms with Crippen LogP contribution in [0.25, 0.3) is 11.0 Å². The third-order valence-electron chi connectivity index (χ3n) is 5.94. The van der Waals surface area contributed by atoms with Gasteiger partial charge in [-0.2, -0.15) is 0 Å². The van der Waals surface area contributed by atoms with Crippen molar-refractivity contribution in [1.29, 1.82) is 0 Å². The zero-order valence-electron chi connectivity index (χ0n) is 18.5. The largest absolute Gasteiger partial charge is 0.492 e. The highest BCUT2D eigenvalue weighted by Crippen LogP contribution is 2.30. The number of carbonyl (C=O) groups excluding carboxylic acids is 2. The monoisotopic (exact) mass is 435 g/mol. The zero-order chi connectivity index (χ0) is 22.3. The van der Waals surface area contributed by atoms with E-state index in [-0.39, 0.29) is 11.9 Å². The molecule has 0 spiro atoms. The van der Waals surface area contributed by atoms with Gasteiger partial charge in [0.2, 0.25) is 5.91 Å². The number of pyridine rings is 1. The molecule has 32 heavy (non-hydrogen) atoms. The Balaban J connectivity index is 1.44. The summed E-state index contributed by atoms with van der Waals surface area (Å²) in [4.78, 5) is 30.6. The maximum atomic E-state index is 12.8. The highest BCUT2D eigenvalue weighted by Gasteiger charge is 2.26. The fourth-order valence-electron chi connectivity index (χ4n) is 4.29. The van der Waals surface area contributed by atoms with Crippen molar-refractivity contribution in [2.24, 2.45) is 0 Å². The lowest BCUT2D eigenvalue weighted by Gasteiger charge is -2.28. The van der Waals surface area contributed by atoms with Crippen LogP contribution in [0, 0.1) is 0 Å². The molecule has 1 amide bonds. The van der Waals surface area contributed by atoms with Crippen molar-refractivity contribution < 1.29 is 19.1 Å². The number of esters is 1. The van der Waals surface area contributed by atoms with Crippen LogP contribution in [-0.2, 0) is 33.8 Å². The van der Waals surface area contributed by atoms with Crippen LogP contribution in [0.1, 0.15) is 36.9 Å². The number of hydrogen-bond acceptors (Lipinski definition) is 5. The second-order valence-corrected chi connectivity index (χ2v) is 7.96. The first-order valence-corrected chi connectivity index (χ1v) is 11.1. The summed E-state index contributed by atoms with van der Waals surface area (Å²) in [7, 11) is 1.39. The summed E-state index contributed by atoms with van der Waals surface area (Å²) < 4.78 is 12.8. The molecule has 0 fully saturated rings. The van der Waals surface area contributed by atoms with Gasteiger partial charge in [-0.1, -0.05) is 18.2 Å². The molecule has 0 aliphatic carbocycles. The van der Waals surface area contributed by atoms with E-state index in [1.807, 2.05) is 47.5 Å². The van der Waals surface area contributed by atoms with Gasteiger partial charge in [0.05, 0.1) is 20.2 Å². The second kappa shape index (κ2) is 10.3. The number of carbonyl (C=O) groups is 2. The lowest BCUT2D eigenvalue weighted by Crippen LogP contribution is -2.36. The topological polar surface area (TPSA) is 73.7 Å². The van der Waals surface area contributed by atoms with E-state index in [0.29, 0.717) is 51.9 Å². The summed E-state index contributed by atoms with van der Waals surface area (Å²) in [6.45, 7) is 2.47. The Bertz CT molecular complexity index is 1080. The Kier molecular flexibility index (Phi) is 7.04. The van der Waals surface area contributed by atoms with Crippen molar-refractivity contribution in [3.05, 3.63) is 59.9 Å². The molecule has 2 aromatic heterocycles. The zero-order valence-corrected chi connectivity index (χ0v) is 18.5. The van der Waals surface area contributed by atoms with Crippen LogP contribution in [0.4, 0.5) is 0 Å². The van der Waals surface area contributed by atoms with E-state index in [0.717, 1.165) is 28.9 Å². The highest BCUT2D eigenvalue weighted by molar-refractivity contribution is 5.83. The minimum Gasteiger partial charge on any atom is -0.492 e. The first-order valence-electron chi connectivity index (χ1n) is 11.1. The minimum atomic E-state index is -0.227. The fourth-order valence-corrected chi connectivity index (χ4v) is 4.29. The number of ether oxygens (including phenoxy) is 2. The molecule has 3 heterocycles. The fraction of sp³-hybridized carbons (Fsp3) is 0.400. The van der Waals surface area contributed by atoms with Crippen molar-refractivity contribution in [2.45, 2.75) is 45.2 Å². The number of aromatic nitrogens is 2. The van der Waals surface area contributed by atoms with Gasteiger partial charge < -0.3 is 18.9 Å². The van der Waals surface area contributed by atoms with Crippen molar-refractivity contribution in [2.75, 3.05) is 20.3 Å². The first-order chi connectivity index (χ1) is 15.7. The maximum absolute atomic E-state index is 12.8. The van der Waals surface area contributed by atoms with Crippen molar-refractivity contribution in [3.8, 4) is 5.75 Å². The molecule has 0 unspecified atom stereocenters. The van der Waals surface area contributed by atoms with Gasteiger partial charge >= 0.3 is 5.97 Å². The number of fused-ring (bicyclic) bond motifs is 3. The predicted octanol–water partition coefficient (Wildman–Crippen LogP) is 3.73. The molecule has 1 aliphatic heterocycles. The maximum Gasteiger partial charge on any atom is 0.305 e. The van der Waals surface area contributed by atoms with Gasteiger partial charge in [0.25, 0.3) is 0 Å². The molecule has 1 aromatic carbocycles. The van der Waals surface area contributed by atoms with Crippen molar-refractivity contribution >= 4 is 22.9 Å². The van der Waals surface area contributed by atoms with E-state index in [4.69, 9.17) is 4.74 Å². The van der Waals surface area contributed by atoms with E-state index in [1.54, 1.807) is 0 Å². The third kappa shape index (κ3) is 4.93. The molecule has 0 radical (unpaired) electrons. The predicted molar refractivity (Wildman–Crippen MR) is 121 cm³/mol. The standard InChI is InChI=1S/C25H29N3O4/c1-31-24(30)12-6-5-11-23(29)27-15-13-20-21-10-7-14-26-25(21)28(22(20)18-27)16-17-32-19-8-3-2-4-9-19/h2-4,7-10,14H,5-6,11-13,15-18H2,1H3. The van der Waals surface area contributed by atoms with Crippen LogP contribution in [0.5, 0.6) is 5.75 Å². The third-order valence-corrected chi connectivity index (χ3v) is 5.94. The second-order valence-electron chi connectivity index (χ2n) is 7.96. The Labute approximate surface area is 187 Å². The molecule has 0 saturated heterocycles. The number of rotatable bonds is 9. The molecule has 7 heteroatoms. The van der Waals surface area contributed by atoms with Gasteiger partial charge in [-0.3, -0.25) is 9.59 Å². The van der Waals surface area contributed by atoms with E-state index in [9.17, 15) is 9.59 Å². The number of unbranched alkanes of at least 4 members (excludes halogenated alkanes) is 1. The molecule has 3 aromatic rings.